The monoisotopic (exact) mass is 339 g/mol. The zero-order valence-corrected chi connectivity index (χ0v) is 13.2. The van der Waals surface area contributed by atoms with Crippen LogP contribution < -0.4 is 4.90 Å². The Kier molecular flexibility index (Phi) is 3.11. The quantitative estimate of drug-likeness (QED) is 0.616. The normalized spacial score (nSPS) is 20.0. The van der Waals surface area contributed by atoms with Gasteiger partial charge in [-0.15, -0.1) is 0 Å². The third kappa shape index (κ3) is 2.10. The Morgan fingerprint density at radius 1 is 1.04 bits per heavy atom. The fourth-order valence-electron chi connectivity index (χ4n) is 4.00. The van der Waals surface area contributed by atoms with Gasteiger partial charge < -0.3 is 4.90 Å². The van der Waals surface area contributed by atoms with Crippen LogP contribution >= 0.6 is 0 Å². The maximum Gasteiger partial charge on any atom is 0.271 e. The molecule has 4 rings (SSSR count). The molecule has 0 unspecified atom stereocenters. The van der Waals surface area contributed by atoms with Crippen molar-refractivity contribution in [2.24, 2.45) is 0 Å². The summed E-state index contributed by atoms with van der Waals surface area (Å²) < 4.78 is 0. The molecule has 0 radical (unpaired) electrons. The molecular weight excluding hydrogens is 326 g/mol. The minimum absolute atomic E-state index is 0.0233. The van der Waals surface area contributed by atoms with Crippen LogP contribution in [0.2, 0.25) is 0 Å². The molecule has 0 spiro atoms. The molecule has 0 bridgehead atoms. The van der Waals surface area contributed by atoms with Gasteiger partial charge in [0.1, 0.15) is 0 Å². The first-order valence-electron chi connectivity index (χ1n) is 7.74. The number of amides is 1. The molecule has 1 aliphatic heterocycles. The predicted molar refractivity (Wildman–Crippen MR) is 88.5 cm³/mol. The minimum Gasteiger partial charge on any atom is -0.304 e. The number of rotatable bonds is 2. The molecule has 0 saturated carbocycles. The van der Waals surface area contributed by atoms with E-state index < -0.39 is 9.85 Å². The zero-order chi connectivity index (χ0) is 17.9. The van der Waals surface area contributed by atoms with Crippen LogP contribution in [0.15, 0.2) is 36.4 Å². The summed E-state index contributed by atoms with van der Waals surface area (Å²) >= 11 is 0. The molecule has 1 amide bonds. The van der Waals surface area contributed by atoms with Gasteiger partial charge >= 0.3 is 0 Å². The fraction of sp³-hybridized carbons (Fsp3) is 0.235. The Morgan fingerprint density at radius 2 is 1.68 bits per heavy atom. The van der Waals surface area contributed by atoms with E-state index in [2.05, 4.69) is 0 Å². The molecule has 2 aromatic carbocycles. The topological polar surface area (TPSA) is 107 Å². The van der Waals surface area contributed by atoms with Gasteiger partial charge in [-0.25, -0.2) is 0 Å². The molecule has 1 aliphatic carbocycles. The highest BCUT2D eigenvalue weighted by Gasteiger charge is 2.47. The van der Waals surface area contributed by atoms with Crippen LogP contribution in [-0.4, -0.2) is 15.8 Å². The lowest BCUT2D eigenvalue weighted by molar-refractivity contribution is -0.385. The van der Waals surface area contributed by atoms with Crippen molar-refractivity contribution >= 4 is 23.0 Å². The molecule has 25 heavy (non-hydrogen) atoms. The number of nitrogens with zero attached hydrogens (tertiary/aromatic N) is 3. The van der Waals surface area contributed by atoms with E-state index in [1.165, 1.54) is 36.1 Å². The summed E-state index contributed by atoms with van der Waals surface area (Å²) in [5.41, 5.74) is 3.00. The van der Waals surface area contributed by atoms with Crippen molar-refractivity contribution < 1.29 is 14.6 Å². The van der Waals surface area contributed by atoms with Crippen LogP contribution in [0.1, 0.15) is 35.6 Å². The largest absolute Gasteiger partial charge is 0.304 e. The van der Waals surface area contributed by atoms with E-state index >= 15 is 0 Å². The lowest BCUT2D eigenvalue weighted by atomic mass is 9.95. The second-order valence-corrected chi connectivity index (χ2v) is 6.28. The SMILES string of the molecule is CC(=O)N1c2cc([N+](=O)[O-])ccc2[C@H]2Cc3ccc([N+](=O)[O-])cc3[C@H]21. The highest BCUT2D eigenvalue weighted by atomic mass is 16.6. The van der Waals surface area contributed by atoms with E-state index in [1.54, 1.807) is 12.1 Å². The summed E-state index contributed by atoms with van der Waals surface area (Å²) in [6.45, 7) is 1.40. The van der Waals surface area contributed by atoms with Crippen LogP contribution in [-0.2, 0) is 11.2 Å². The van der Waals surface area contributed by atoms with Crippen molar-refractivity contribution in [2.45, 2.75) is 25.3 Å². The number of carbonyl (C=O) groups is 1. The Hall–Kier alpha value is -3.29. The number of anilines is 1. The summed E-state index contributed by atoms with van der Waals surface area (Å²) in [6.07, 6.45) is 0.645. The van der Waals surface area contributed by atoms with E-state index in [0.717, 1.165) is 16.7 Å². The van der Waals surface area contributed by atoms with Gasteiger partial charge in [0.15, 0.2) is 0 Å². The average Bonchev–Trinajstić information content (AvgIpc) is 3.07. The smallest absolute Gasteiger partial charge is 0.271 e. The summed E-state index contributed by atoms with van der Waals surface area (Å²) in [4.78, 5) is 35.0. The predicted octanol–water partition coefficient (Wildman–Crippen LogP) is 3.25. The molecule has 1 heterocycles. The molecule has 2 atom stereocenters. The minimum atomic E-state index is -0.495. The van der Waals surface area contributed by atoms with Crippen molar-refractivity contribution in [3.8, 4) is 0 Å². The summed E-state index contributed by atoms with van der Waals surface area (Å²) in [5, 5.41) is 22.2. The van der Waals surface area contributed by atoms with Crippen LogP contribution in [0, 0.1) is 20.2 Å². The maximum absolute atomic E-state index is 12.3. The molecule has 8 heteroatoms. The highest BCUT2D eigenvalue weighted by molar-refractivity contribution is 5.96. The van der Waals surface area contributed by atoms with Gasteiger partial charge in [-0.2, -0.15) is 0 Å². The lowest BCUT2D eigenvalue weighted by Crippen LogP contribution is -2.29. The first-order valence-corrected chi connectivity index (χ1v) is 7.74. The Labute approximate surface area is 142 Å². The van der Waals surface area contributed by atoms with E-state index in [4.69, 9.17) is 0 Å². The number of nitro groups is 2. The summed E-state index contributed by atoms with van der Waals surface area (Å²) in [7, 11) is 0. The third-order valence-electron chi connectivity index (χ3n) is 4.98. The van der Waals surface area contributed by atoms with Crippen LogP contribution in [0.5, 0.6) is 0 Å². The van der Waals surface area contributed by atoms with Crippen molar-refractivity contribution in [1.29, 1.82) is 0 Å². The molecule has 2 aromatic rings. The molecule has 0 aromatic heterocycles. The number of hydrogen-bond acceptors (Lipinski definition) is 5. The van der Waals surface area contributed by atoms with Crippen LogP contribution in [0.25, 0.3) is 0 Å². The molecular formula is C17H13N3O5. The van der Waals surface area contributed by atoms with Crippen molar-refractivity contribution in [3.05, 3.63) is 73.3 Å². The summed E-state index contributed by atoms with van der Waals surface area (Å²) in [5.74, 6) is -0.287. The fourth-order valence-corrected chi connectivity index (χ4v) is 4.00. The molecule has 0 saturated heterocycles. The Bertz CT molecular complexity index is 955. The standard InChI is InChI=1S/C17H13N3O5/c1-9(21)18-16-8-12(20(24)25)4-5-13(16)15-6-10-2-3-11(19(22)23)7-14(10)17(15)18/h2-5,7-8,15,17H,6H2,1H3/t15-,17-/m1/s1. The third-order valence-corrected chi connectivity index (χ3v) is 4.98. The van der Waals surface area contributed by atoms with Crippen LogP contribution in [0.4, 0.5) is 17.1 Å². The van der Waals surface area contributed by atoms with Gasteiger partial charge in [0.25, 0.3) is 11.4 Å². The zero-order valence-electron chi connectivity index (χ0n) is 13.2. The number of nitro benzene ring substituents is 2. The molecule has 2 aliphatic rings. The van der Waals surface area contributed by atoms with Gasteiger partial charge in [0.2, 0.25) is 5.91 Å². The van der Waals surface area contributed by atoms with Gasteiger partial charge in [-0.05, 0) is 29.2 Å². The molecule has 0 fully saturated rings. The second-order valence-electron chi connectivity index (χ2n) is 6.28. The van der Waals surface area contributed by atoms with E-state index in [1.807, 2.05) is 0 Å². The van der Waals surface area contributed by atoms with Crippen LogP contribution in [0.3, 0.4) is 0 Å². The van der Waals surface area contributed by atoms with Gasteiger partial charge in [0, 0.05) is 37.1 Å². The number of non-ortho nitro benzene ring substituents is 2. The lowest BCUT2D eigenvalue weighted by Gasteiger charge is -2.24. The molecule has 0 N–H and O–H groups in total. The molecule has 126 valence electrons. The first kappa shape index (κ1) is 15.3. The number of benzene rings is 2. The van der Waals surface area contributed by atoms with Gasteiger partial charge in [-0.1, -0.05) is 6.07 Å². The second kappa shape index (κ2) is 5.10. The first-order chi connectivity index (χ1) is 11.9. The average molecular weight is 339 g/mol. The maximum atomic E-state index is 12.3. The number of hydrogen-bond donors (Lipinski definition) is 0. The number of fused-ring (bicyclic) bond motifs is 5. The molecule has 8 nitrogen and oxygen atoms in total. The summed E-state index contributed by atoms with van der Waals surface area (Å²) in [6, 6.07) is 8.88. The van der Waals surface area contributed by atoms with E-state index in [0.29, 0.717) is 12.1 Å². The van der Waals surface area contributed by atoms with Crippen molar-refractivity contribution in [3.63, 3.8) is 0 Å². The van der Waals surface area contributed by atoms with Gasteiger partial charge in [0.05, 0.1) is 21.6 Å². The highest BCUT2D eigenvalue weighted by Crippen LogP contribution is 2.56. The van der Waals surface area contributed by atoms with E-state index in [-0.39, 0.29) is 29.2 Å². The van der Waals surface area contributed by atoms with Crippen molar-refractivity contribution in [2.75, 3.05) is 4.90 Å². The Balaban J connectivity index is 1.88. The van der Waals surface area contributed by atoms with E-state index in [9.17, 15) is 25.0 Å². The van der Waals surface area contributed by atoms with Gasteiger partial charge in [-0.3, -0.25) is 25.0 Å². The Morgan fingerprint density at radius 3 is 2.32 bits per heavy atom. The number of carbonyl (C=O) groups excluding carboxylic acids is 1. The van der Waals surface area contributed by atoms with Crippen molar-refractivity contribution in [1.82, 2.24) is 0 Å².